The third-order valence-corrected chi connectivity index (χ3v) is 3.89. The van der Waals surface area contributed by atoms with Gasteiger partial charge in [0.25, 0.3) is 0 Å². The highest BCUT2D eigenvalue weighted by Gasteiger charge is 2.15. The van der Waals surface area contributed by atoms with Crippen LogP contribution in [0.15, 0.2) is 30.8 Å². The summed E-state index contributed by atoms with van der Waals surface area (Å²) in [6.07, 6.45) is 2.61. The summed E-state index contributed by atoms with van der Waals surface area (Å²) < 4.78 is 0. The lowest BCUT2D eigenvalue weighted by molar-refractivity contribution is -0.112. The molecule has 1 saturated heterocycles. The van der Waals surface area contributed by atoms with Crippen molar-refractivity contribution in [1.82, 2.24) is 4.90 Å². The predicted molar refractivity (Wildman–Crippen MR) is 83.6 cm³/mol. The van der Waals surface area contributed by atoms with Crippen LogP contribution in [-0.4, -0.2) is 44.0 Å². The number of rotatable bonds is 6. The molecule has 20 heavy (non-hydrogen) atoms. The number of nitrogens with zero attached hydrogens (tertiary/aromatic N) is 2. The summed E-state index contributed by atoms with van der Waals surface area (Å²) in [6.45, 7) is 8.17. The number of primary amides is 1. The van der Waals surface area contributed by atoms with Gasteiger partial charge in [-0.2, -0.15) is 0 Å². The number of likely N-dealkylation sites (N-methyl/N-ethyl adjacent to an activating group) is 1. The van der Waals surface area contributed by atoms with E-state index < -0.39 is 5.91 Å². The molecule has 0 saturated carbocycles. The van der Waals surface area contributed by atoms with Crippen LogP contribution >= 0.6 is 0 Å². The van der Waals surface area contributed by atoms with Crippen molar-refractivity contribution in [3.05, 3.63) is 36.4 Å². The number of anilines is 1. The van der Waals surface area contributed by atoms with E-state index in [4.69, 9.17) is 5.73 Å². The third kappa shape index (κ3) is 3.39. The van der Waals surface area contributed by atoms with E-state index in [1.165, 1.54) is 25.9 Å². The second-order valence-corrected chi connectivity index (χ2v) is 5.33. The number of likely N-dealkylation sites (tertiary alicyclic amines) is 1. The number of para-hydroxylation sites is 1. The van der Waals surface area contributed by atoms with Crippen LogP contribution in [0, 0.1) is 0 Å². The average molecular weight is 273 g/mol. The molecular weight excluding hydrogens is 250 g/mol. The zero-order valence-corrected chi connectivity index (χ0v) is 12.1. The van der Waals surface area contributed by atoms with Gasteiger partial charge < -0.3 is 15.5 Å². The van der Waals surface area contributed by atoms with Gasteiger partial charge in [-0.05, 0) is 32.0 Å². The predicted octanol–water partition coefficient (Wildman–Crippen LogP) is 1.72. The topological polar surface area (TPSA) is 49.6 Å². The number of hydrogen-bond acceptors (Lipinski definition) is 3. The van der Waals surface area contributed by atoms with Gasteiger partial charge in [-0.3, -0.25) is 4.79 Å². The second-order valence-electron chi connectivity index (χ2n) is 5.33. The normalized spacial score (nSPS) is 15.2. The maximum Gasteiger partial charge on any atom is 0.248 e. The van der Waals surface area contributed by atoms with Crippen LogP contribution in [0.4, 0.5) is 5.69 Å². The van der Waals surface area contributed by atoms with Gasteiger partial charge in [0, 0.05) is 37.0 Å². The lowest BCUT2D eigenvalue weighted by Crippen LogP contribution is -2.32. The van der Waals surface area contributed by atoms with E-state index in [-0.39, 0.29) is 0 Å². The molecule has 0 unspecified atom stereocenters. The van der Waals surface area contributed by atoms with Gasteiger partial charge in [0.05, 0.1) is 0 Å². The van der Waals surface area contributed by atoms with Gasteiger partial charge in [-0.25, -0.2) is 0 Å². The molecule has 1 fully saturated rings. The van der Waals surface area contributed by atoms with E-state index in [2.05, 4.69) is 16.4 Å². The molecule has 1 aliphatic rings. The molecule has 108 valence electrons. The summed E-state index contributed by atoms with van der Waals surface area (Å²) >= 11 is 0. The minimum absolute atomic E-state index is 0.369. The third-order valence-electron chi connectivity index (χ3n) is 3.89. The van der Waals surface area contributed by atoms with Gasteiger partial charge in [0.2, 0.25) is 5.91 Å². The monoisotopic (exact) mass is 273 g/mol. The molecular formula is C16H23N3O. The Morgan fingerprint density at radius 2 is 2.00 bits per heavy atom. The van der Waals surface area contributed by atoms with Crippen molar-refractivity contribution in [2.45, 2.75) is 12.8 Å². The minimum atomic E-state index is -0.467. The summed E-state index contributed by atoms with van der Waals surface area (Å²) in [6, 6.07) is 7.78. The van der Waals surface area contributed by atoms with Gasteiger partial charge in [0.15, 0.2) is 0 Å². The lowest BCUT2D eigenvalue weighted by Gasteiger charge is -2.25. The molecule has 4 heteroatoms. The quantitative estimate of drug-likeness (QED) is 0.803. The highest BCUT2D eigenvalue weighted by molar-refractivity contribution is 6.19. The van der Waals surface area contributed by atoms with E-state index in [9.17, 15) is 4.79 Å². The molecule has 0 bridgehead atoms. The van der Waals surface area contributed by atoms with Crippen molar-refractivity contribution in [1.29, 1.82) is 0 Å². The van der Waals surface area contributed by atoms with Crippen LogP contribution in [0.1, 0.15) is 18.4 Å². The van der Waals surface area contributed by atoms with E-state index in [0.717, 1.165) is 24.3 Å². The lowest BCUT2D eigenvalue weighted by atomic mass is 10.0. The maximum absolute atomic E-state index is 11.3. The first-order chi connectivity index (χ1) is 9.59. The largest absolute Gasteiger partial charge is 0.373 e. The van der Waals surface area contributed by atoms with Gasteiger partial charge in [-0.1, -0.05) is 24.8 Å². The molecule has 0 radical (unpaired) electrons. The standard InChI is InChI=1S/C16H23N3O/c1-13(16(17)20)14-7-3-4-8-15(14)18(2)11-12-19-9-5-6-10-19/h3-4,7-8H,1,5-6,9-12H2,2H3,(H2,17,20). The fourth-order valence-electron chi connectivity index (χ4n) is 2.61. The summed E-state index contributed by atoms with van der Waals surface area (Å²) in [5.41, 5.74) is 7.55. The zero-order valence-electron chi connectivity index (χ0n) is 12.1. The number of amides is 1. The molecule has 1 aliphatic heterocycles. The zero-order chi connectivity index (χ0) is 14.5. The Bertz CT molecular complexity index is 492. The van der Waals surface area contributed by atoms with E-state index in [0.29, 0.717) is 5.57 Å². The first-order valence-corrected chi connectivity index (χ1v) is 7.11. The first kappa shape index (κ1) is 14.6. The van der Waals surface area contributed by atoms with Crippen LogP contribution in [0.2, 0.25) is 0 Å². The molecule has 1 amide bonds. The summed E-state index contributed by atoms with van der Waals surface area (Å²) in [4.78, 5) is 16.0. The van der Waals surface area contributed by atoms with Crippen LogP contribution in [0.5, 0.6) is 0 Å². The molecule has 0 aliphatic carbocycles. The highest BCUT2D eigenvalue weighted by Crippen LogP contribution is 2.25. The SMILES string of the molecule is C=C(C(N)=O)c1ccccc1N(C)CCN1CCCC1. The summed E-state index contributed by atoms with van der Waals surface area (Å²) in [7, 11) is 2.04. The van der Waals surface area contributed by atoms with Crippen LogP contribution in [0.25, 0.3) is 5.57 Å². The van der Waals surface area contributed by atoms with E-state index in [1.807, 2.05) is 31.3 Å². The van der Waals surface area contributed by atoms with Gasteiger partial charge in [0.1, 0.15) is 0 Å². The Hall–Kier alpha value is -1.81. The number of hydrogen-bond donors (Lipinski definition) is 1. The number of nitrogens with two attached hydrogens (primary N) is 1. The summed E-state index contributed by atoms with van der Waals surface area (Å²) in [5, 5.41) is 0. The molecule has 0 spiro atoms. The Morgan fingerprint density at radius 3 is 2.65 bits per heavy atom. The molecule has 2 N–H and O–H groups in total. The summed E-state index contributed by atoms with van der Waals surface area (Å²) in [5.74, 6) is -0.467. The van der Waals surface area contributed by atoms with E-state index >= 15 is 0 Å². The smallest absolute Gasteiger partial charge is 0.248 e. The number of carbonyl (C=O) groups excluding carboxylic acids is 1. The first-order valence-electron chi connectivity index (χ1n) is 7.11. The Balaban J connectivity index is 2.06. The molecule has 0 aromatic heterocycles. The number of carbonyl (C=O) groups is 1. The average Bonchev–Trinajstić information content (AvgIpc) is 2.97. The van der Waals surface area contributed by atoms with Crippen LogP contribution in [-0.2, 0) is 4.79 Å². The molecule has 0 atom stereocenters. The number of benzene rings is 1. The molecule has 4 nitrogen and oxygen atoms in total. The molecule has 1 aromatic rings. The minimum Gasteiger partial charge on any atom is -0.373 e. The van der Waals surface area contributed by atoms with E-state index in [1.54, 1.807) is 0 Å². The van der Waals surface area contributed by atoms with Crippen LogP contribution < -0.4 is 10.6 Å². The maximum atomic E-state index is 11.3. The van der Waals surface area contributed by atoms with Gasteiger partial charge in [-0.15, -0.1) is 0 Å². The van der Waals surface area contributed by atoms with Crippen molar-refractivity contribution in [2.24, 2.45) is 5.73 Å². The van der Waals surface area contributed by atoms with Crippen molar-refractivity contribution in [3.63, 3.8) is 0 Å². The fourth-order valence-corrected chi connectivity index (χ4v) is 2.61. The molecule has 1 heterocycles. The fraction of sp³-hybridized carbons (Fsp3) is 0.438. The van der Waals surface area contributed by atoms with Crippen molar-refractivity contribution < 1.29 is 4.79 Å². The second kappa shape index (κ2) is 6.57. The molecule has 2 rings (SSSR count). The Morgan fingerprint density at radius 1 is 1.35 bits per heavy atom. The van der Waals surface area contributed by atoms with Crippen molar-refractivity contribution >= 4 is 17.2 Å². The molecule has 1 aromatic carbocycles. The Labute approximate surface area is 120 Å². The van der Waals surface area contributed by atoms with Crippen LogP contribution in [0.3, 0.4) is 0 Å². The van der Waals surface area contributed by atoms with Crippen molar-refractivity contribution in [3.8, 4) is 0 Å². The Kier molecular flexibility index (Phi) is 4.79. The highest BCUT2D eigenvalue weighted by atomic mass is 16.1. The van der Waals surface area contributed by atoms with Gasteiger partial charge >= 0.3 is 0 Å². The van der Waals surface area contributed by atoms with Crippen molar-refractivity contribution in [2.75, 3.05) is 38.1 Å².